The molecule has 1 aliphatic heterocycles. The number of likely N-dealkylation sites (tertiary alicyclic amines) is 1. The molecule has 0 atom stereocenters. The third-order valence-electron chi connectivity index (χ3n) is 6.57. The number of hydrogen-bond donors (Lipinski definition) is 0. The van der Waals surface area contributed by atoms with Crippen molar-refractivity contribution in [1.29, 1.82) is 0 Å². The highest BCUT2D eigenvalue weighted by atomic mass is 16.5. The van der Waals surface area contributed by atoms with Gasteiger partial charge in [0.1, 0.15) is 23.9 Å². The van der Waals surface area contributed by atoms with Crippen LogP contribution in [0.5, 0.6) is 11.5 Å². The van der Waals surface area contributed by atoms with E-state index in [9.17, 15) is 4.79 Å². The largest absolute Gasteiger partial charge is 0.497 e. The zero-order chi connectivity index (χ0) is 23.2. The summed E-state index contributed by atoms with van der Waals surface area (Å²) >= 11 is 0. The minimum atomic E-state index is 0.0398. The average molecular weight is 449 g/mol. The van der Waals surface area contributed by atoms with E-state index in [1.54, 1.807) is 7.11 Å². The number of rotatable bonds is 8. The highest BCUT2D eigenvalue weighted by Gasteiger charge is 2.25. The Labute approximate surface area is 195 Å². The lowest BCUT2D eigenvalue weighted by molar-refractivity contribution is 0.0682. The van der Waals surface area contributed by atoms with Crippen molar-refractivity contribution in [2.75, 3.05) is 20.2 Å². The minimum Gasteiger partial charge on any atom is -0.497 e. The minimum absolute atomic E-state index is 0.0398. The average Bonchev–Trinajstić information content (AvgIpc) is 3.18. The molecule has 0 bridgehead atoms. The number of aromatic nitrogens is 1. The quantitative estimate of drug-likeness (QED) is 0.464. The molecule has 0 radical (unpaired) electrons. The maximum absolute atomic E-state index is 13.3. The Kier molecular flexibility index (Phi) is 7.33. The van der Waals surface area contributed by atoms with Crippen LogP contribution in [0.25, 0.3) is 0 Å². The summed E-state index contributed by atoms with van der Waals surface area (Å²) in [5.41, 5.74) is 3.68. The fourth-order valence-electron chi connectivity index (χ4n) is 4.39. The van der Waals surface area contributed by atoms with Crippen LogP contribution in [-0.4, -0.2) is 36.2 Å². The normalized spacial score (nSPS) is 14.3. The summed E-state index contributed by atoms with van der Waals surface area (Å²) in [6.45, 7) is 5.66. The monoisotopic (exact) mass is 448 g/mol. The number of nitrogens with zero attached hydrogens (tertiary/aromatic N) is 2. The van der Waals surface area contributed by atoms with Crippen molar-refractivity contribution < 1.29 is 18.8 Å². The second-order valence-electron chi connectivity index (χ2n) is 8.71. The number of carbonyl (C=O) groups is 1. The van der Waals surface area contributed by atoms with Gasteiger partial charge in [0, 0.05) is 13.1 Å². The molecule has 1 saturated heterocycles. The number of ether oxygens (including phenoxy) is 2. The van der Waals surface area contributed by atoms with E-state index in [1.165, 1.54) is 5.56 Å². The van der Waals surface area contributed by atoms with Gasteiger partial charge in [-0.25, -0.2) is 0 Å². The first kappa shape index (κ1) is 22.9. The molecule has 1 amide bonds. The van der Waals surface area contributed by atoms with Crippen molar-refractivity contribution in [3.8, 4) is 11.5 Å². The predicted molar refractivity (Wildman–Crippen MR) is 127 cm³/mol. The molecule has 1 fully saturated rings. The van der Waals surface area contributed by atoms with Gasteiger partial charge in [-0.3, -0.25) is 4.79 Å². The molecule has 0 N–H and O–H groups in total. The van der Waals surface area contributed by atoms with Crippen LogP contribution in [0.15, 0.2) is 53.1 Å². The number of hydrogen-bond acceptors (Lipinski definition) is 5. The van der Waals surface area contributed by atoms with Crippen molar-refractivity contribution in [2.45, 2.75) is 46.1 Å². The van der Waals surface area contributed by atoms with Crippen molar-refractivity contribution in [1.82, 2.24) is 10.1 Å². The van der Waals surface area contributed by atoms with Crippen LogP contribution < -0.4 is 9.47 Å². The molecule has 6 nitrogen and oxygen atoms in total. The molecule has 4 rings (SSSR count). The van der Waals surface area contributed by atoms with Gasteiger partial charge in [-0.2, -0.15) is 0 Å². The maximum Gasteiger partial charge on any atom is 0.257 e. The number of methoxy groups -OCH3 is 1. The third kappa shape index (κ3) is 5.56. The summed E-state index contributed by atoms with van der Waals surface area (Å²) in [7, 11) is 1.69. The Hall–Kier alpha value is -3.28. The number of piperidine rings is 1. The Morgan fingerprint density at radius 3 is 2.48 bits per heavy atom. The smallest absolute Gasteiger partial charge is 0.257 e. The fourth-order valence-corrected chi connectivity index (χ4v) is 4.39. The first-order valence-corrected chi connectivity index (χ1v) is 11.6. The van der Waals surface area contributed by atoms with E-state index in [-0.39, 0.29) is 5.91 Å². The summed E-state index contributed by atoms with van der Waals surface area (Å²) < 4.78 is 16.5. The van der Waals surface area contributed by atoms with E-state index in [0.29, 0.717) is 23.8 Å². The van der Waals surface area contributed by atoms with Gasteiger partial charge in [0.05, 0.1) is 23.9 Å². The van der Waals surface area contributed by atoms with Crippen molar-refractivity contribution >= 4 is 5.91 Å². The molecule has 6 heteroatoms. The molecule has 2 heterocycles. The molecule has 3 aromatic rings. The van der Waals surface area contributed by atoms with E-state index in [2.05, 4.69) is 17.3 Å². The van der Waals surface area contributed by atoms with E-state index in [1.807, 2.05) is 55.1 Å². The Morgan fingerprint density at radius 1 is 1.09 bits per heavy atom. The standard InChI is InChI=1S/C27H32N2O4/c1-19-25(20(2)33-28-19)18-32-26-7-5-4-6-24(26)27(30)29-16-14-22(15-17-29)9-8-21-10-12-23(31-3)13-11-21/h4-7,10-13,22H,8-9,14-18H2,1-3H3. The first-order chi connectivity index (χ1) is 16.0. The van der Waals surface area contributed by atoms with Crippen LogP contribution in [0.3, 0.4) is 0 Å². The van der Waals surface area contributed by atoms with Crippen molar-refractivity contribution in [3.63, 3.8) is 0 Å². The number of para-hydroxylation sites is 1. The van der Waals surface area contributed by atoms with Gasteiger partial charge in [-0.15, -0.1) is 0 Å². The second kappa shape index (κ2) is 10.6. The summed E-state index contributed by atoms with van der Waals surface area (Å²) in [5.74, 6) is 2.92. The number of carbonyl (C=O) groups excluding carboxylic acids is 1. The Balaban J connectivity index is 1.31. The molecule has 2 aromatic carbocycles. The van der Waals surface area contributed by atoms with Crippen LogP contribution in [-0.2, 0) is 13.0 Å². The van der Waals surface area contributed by atoms with Gasteiger partial charge in [0.15, 0.2) is 0 Å². The summed E-state index contributed by atoms with van der Waals surface area (Å²) in [4.78, 5) is 15.2. The van der Waals surface area contributed by atoms with Crippen LogP contribution in [0.4, 0.5) is 0 Å². The van der Waals surface area contributed by atoms with Gasteiger partial charge >= 0.3 is 0 Å². The highest BCUT2D eigenvalue weighted by molar-refractivity contribution is 5.97. The first-order valence-electron chi connectivity index (χ1n) is 11.6. The fraction of sp³-hybridized carbons (Fsp3) is 0.407. The lowest BCUT2D eigenvalue weighted by Gasteiger charge is -2.32. The summed E-state index contributed by atoms with van der Waals surface area (Å²) in [6.07, 6.45) is 4.26. The lowest BCUT2D eigenvalue weighted by Crippen LogP contribution is -2.38. The highest BCUT2D eigenvalue weighted by Crippen LogP contribution is 2.27. The molecule has 1 aromatic heterocycles. The zero-order valence-corrected chi connectivity index (χ0v) is 19.7. The molecular formula is C27H32N2O4. The summed E-state index contributed by atoms with van der Waals surface area (Å²) in [6, 6.07) is 15.8. The molecule has 0 saturated carbocycles. The number of benzene rings is 2. The summed E-state index contributed by atoms with van der Waals surface area (Å²) in [5, 5.41) is 3.97. The SMILES string of the molecule is COc1ccc(CCC2CCN(C(=O)c3ccccc3OCc3c(C)noc3C)CC2)cc1. The van der Waals surface area contributed by atoms with E-state index < -0.39 is 0 Å². The Bertz CT molecular complexity index is 1050. The molecule has 1 aliphatic rings. The maximum atomic E-state index is 13.3. The Morgan fingerprint density at radius 2 is 1.82 bits per heavy atom. The number of aryl methyl sites for hydroxylation is 3. The van der Waals surface area contributed by atoms with Gasteiger partial charge in [0.2, 0.25) is 0 Å². The van der Waals surface area contributed by atoms with E-state index >= 15 is 0 Å². The second-order valence-corrected chi connectivity index (χ2v) is 8.71. The predicted octanol–water partition coefficient (Wildman–Crippen LogP) is 5.36. The molecule has 0 aliphatic carbocycles. The van der Waals surface area contributed by atoms with Crippen LogP contribution >= 0.6 is 0 Å². The van der Waals surface area contributed by atoms with Crippen LogP contribution in [0.1, 0.15) is 52.2 Å². The number of amides is 1. The van der Waals surface area contributed by atoms with Crippen LogP contribution in [0.2, 0.25) is 0 Å². The van der Waals surface area contributed by atoms with Gasteiger partial charge in [0.25, 0.3) is 5.91 Å². The zero-order valence-electron chi connectivity index (χ0n) is 19.7. The van der Waals surface area contributed by atoms with Crippen molar-refractivity contribution in [2.24, 2.45) is 5.92 Å². The molecule has 174 valence electrons. The van der Waals surface area contributed by atoms with Crippen LogP contribution in [0, 0.1) is 19.8 Å². The van der Waals surface area contributed by atoms with E-state index in [4.69, 9.17) is 14.0 Å². The van der Waals surface area contributed by atoms with E-state index in [0.717, 1.165) is 61.5 Å². The molecule has 0 spiro atoms. The molecule has 0 unspecified atom stereocenters. The topological polar surface area (TPSA) is 64.8 Å². The lowest BCUT2D eigenvalue weighted by atomic mass is 9.90. The van der Waals surface area contributed by atoms with Crippen molar-refractivity contribution in [3.05, 3.63) is 76.7 Å². The van der Waals surface area contributed by atoms with Gasteiger partial charge in [-0.1, -0.05) is 29.4 Å². The van der Waals surface area contributed by atoms with Gasteiger partial charge in [-0.05, 0) is 75.3 Å². The molecular weight excluding hydrogens is 416 g/mol. The molecule has 33 heavy (non-hydrogen) atoms. The third-order valence-corrected chi connectivity index (χ3v) is 6.57. The van der Waals surface area contributed by atoms with Gasteiger partial charge < -0.3 is 18.9 Å².